The van der Waals surface area contributed by atoms with Gasteiger partial charge < -0.3 is 4.74 Å². The Labute approximate surface area is 112 Å². The van der Waals surface area contributed by atoms with Crippen LogP contribution in [0.4, 0.5) is 0 Å². The van der Waals surface area contributed by atoms with Crippen LogP contribution < -0.4 is 9.88 Å². The highest BCUT2D eigenvalue weighted by Gasteiger charge is 2.20. The summed E-state index contributed by atoms with van der Waals surface area (Å²) in [6, 6.07) is 1.63. The van der Waals surface area contributed by atoms with Gasteiger partial charge in [0, 0.05) is 18.2 Å². The van der Waals surface area contributed by atoms with E-state index in [1.165, 1.54) is 12.4 Å². The summed E-state index contributed by atoms with van der Waals surface area (Å²) in [7, 11) is -3.50. The normalized spacial score (nSPS) is 13.6. The fourth-order valence-corrected chi connectivity index (χ4v) is 2.65. The Morgan fingerprint density at radius 3 is 2.61 bits per heavy atom. The van der Waals surface area contributed by atoms with Crippen molar-refractivity contribution in [3.63, 3.8) is 0 Å². The fourth-order valence-electron chi connectivity index (χ4n) is 1.41. The Balaban J connectivity index is 2.63. The van der Waals surface area contributed by atoms with Gasteiger partial charge >= 0.3 is 0 Å². The Hall–Kier alpha value is -0.850. The number of nitrogens with zero attached hydrogens (tertiary/aromatic N) is 1. The number of hydrogen-bond donors (Lipinski definition) is 1. The molecule has 0 amide bonds. The molecule has 1 heterocycles. The van der Waals surface area contributed by atoms with Crippen LogP contribution in [0.2, 0.25) is 5.02 Å². The molecule has 2 N–H and O–H groups in total. The molecule has 1 rings (SSSR count). The van der Waals surface area contributed by atoms with Gasteiger partial charge in [-0.3, -0.25) is 4.98 Å². The standard InChI is InChI=1S/C11H17ClN2O3S/c1-8(2)9(7-18(13,15)16)6-17-11-3-10(12)4-14-5-11/h3-5,8-9H,6-7H2,1-2H3,(H2,13,15,16). The van der Waals surface area contributed by atoms with Gasteiger partial charge in [0.15, 0.2) is 0 Å². The Morgan fingerprint density at radius 2 is 2.11 bits per heavy atom. The molecule has 0 saturated carbocycles. The zero-order valence-electron chi connectivity index (χ0n) is 10.3. The lowest BCUT2D eigenvalue weighted by molar-refractivity contribution is 0.224. The van der Waals surface area contributed by atoms with Crippen LogP contribution in [-0.4, -0.2) is 25.8 Å². The Morgan fingerprint density at radius 1 is 1.44 bits per heavy atom. The predicted molar refractivity (Wildman–Crippen MR) is 71.0 cm³/mol. The van der Waals surface area contributed by atoms with Crippen LogP contribution in [0.5, 0.6) is 5.75 Å². The van der Waals surface area contributed by atoms with Gasteiger partial charge in [-0.2, -0.15) is 0 Å². The zero-order chi connectivity index (χ0) is 13.8. The number of hydrogen-bond acceptors (Lipinski definition) is 4. The first-order chi connectivity index (χ1) is 8.28. The maximum atomic E-state index is 11.1. The number of sulfonamides is 1. The Bertz CT molecular complexity index is 491. The first-order valence-corrected chi connectivity index (χ1v) is 7.61. The van der Waals surface area contributed by atoms with E-state index in [1.807, 2.05) is 13.8 Å². The molecule has 1 unspecified atom stereocenters. The van der Waals surface area contributed by atoms with Gasteiger partial charge in [-0.25, -0.2) is 13.6 Å². The zero-order valence-corrected chi connectivity index (χ0v) is 11.9. The van der Waals surface area contributed by atoms with E-state index in [0.29, 0.717) is 10.8 Å². The van der Waals surface area contributed by atoms with Crippen molar-refractivity contribution in [2.24, 2.45) is 17.0 Å². The first-order valence-electron chi connectivity index (χ1n) is 5.52. The van der Waals surface area contributed by atoms with Crippen LogP contribution in [0.25, 0.3) is 0 Å². The lowest BCUT2D eigenvalue weighted by Gasteiger charge is -2.20. The molecule has 0 aromatic carbocycles. The van der Waals surface area contributed by atoms with Crippen LogP contribution in [0, 0.1) is 11.8 Å². The van der Waals surface area contributed by atoms with Crippen LogP contribution in [0.15, 0.2) is 18.5 Å². The molecular formula is C11H17ClN2O3S. The molecule has 0 fully saturated rings. The van der Waals surface area contributed by atoms with Crippen molar-refractivity contribution < 1.29 is 13.2 Å². The van der Waals surface area contributed by atoms with Crippen molar-refractivity contribution in [2.75, 3.05) is 12.4 Å². The van der Waals surface area contributed by atoms with E-state index >= 15 is 0 Å². The molecule has 1 atom stereocenters. The maximum Gasteiger partial charge on any atom is 0.209 e. The minimum atomic E-state index is -3.50. The van der Waals surface area contributed by atoms with Gasteiger partial charge in [-0.05, 0) is 5.92 Å². The number of rotatable bonds is 6. The lowest BCUT2D eigenvalue weighted by atomic mass is 9.99. The number of pyridine rings is 1. The second-order valence-electron chi connectivity index (χ2n) is 4.48. The van der Waals surface area contributed by atoms with Gasteiger partial charge in [0.25, 0.3) is 0 Å². The largest absolute Gasteiger partial charge is 0.492 e. The third-order valence-electron chi connectivity index (χ3n) is 2.53. The molecule has 18 heavy (non-hydrogen) atoms. The number of aromatic nitrogens is 1. The summed E-state index contributed by atoms with van der Waals surface area (Å²) < 4.78 is 27.7. The number of nitrogens with two attached hydrogens (primary N) is 1. The fraction of sp³-hybridized carbons (Fsp3) is 0.545. The summed E-state index contributed by atoms with van der Waals surface area (Å²) in [4.78, 5) is 3.88. The van der Waals surface area contributed by atoms with Gasteiger partial charge in [-0.15, -0.1) is 0 Å². The SMILES string of the molecule is CC(C)C(COc1cncc(Cl)c1)CS(N)(=O)=O. The number of ether oxygens (including phenoxy) is 1. The van der Waals surface area contributed by atoms with Crippen molar-refractivity contribution in [3.05, 3.63) is 23.5 Å². The minimum Gasteiger partial charge on any atom is -0.492 e. The molecule has 0 bridgehead atoms. The van der Waals surface area contributed by atoms with Crippen LogP contribution in [-0.2, 0) is 10.0 Å². The maximum absolute atomic E-state index is 11.1. The van der Waals surface area contributed by atoms with E-state index in [-0.39, 0.29) is 24.2 Å². The molecule has 1 aromatic heterocycles. The molecule has 0 radical (unpaired) electrons. The quantitative estimate of drug-likeness (QED) is 0.864. The topological polar surface area (TPSA) is 82.3 Å². The summed E-state index contributed by atoms with van der Waals surface area (Å²) in [6.45, 7) is 4.11. The van der Waals surface area contributed by atoms with Crippen LogP contribution >= 0.6 is 11.6 Å². The van der Waals surface area contributed by atoms with Crippen molar-refractivity contribution in [1.82, 2.24) is 4.98 Å². The van der Waals surface area contributed by atoms with E-state index in [2.05, 4.69) is 4.98 Å². The third-order valence-corrected chi connectivity index (χ3v) is 3.63. The Kier molecular flexibility index (Phi) is 5.37. The molecule has 0 aliphatic heterocycles. The highest BCUT2D eigenvalue weighted by atomic mass is 35.5. The summed E-state index contributed by atoms with van der Waals surface area (Å²) in [6.07, 6.45) is 3.03. The number of halogens is 1. The van der Waals surface area contributed by atoms with Crippen molar-refractivity contribution >= 4 is 21.6 Å². The third kappa shape index (κ3) is 5.66. The summed E-state index contributed by atoms with van der Waals surface area (Å²) in [5, 5.41) is 5.52. The second kappa shape index (κ2) is 6.36. The van der Waals surface area contributed by atoms with Crippen LogP contribution in [0.3, 0.4) is 0 Å². The predicted octanol–water partition coefficient (Wildman–Crippen LogP) is 1.67. The molecule has 5 nitrogen and oxygen atoms in total. The van der Waals surface area contributed by atoms with E-state index in [1.54, 1.807) is 6.07 Å². The smallest absolute Gasteiger partial charge is 0.209 e. The highest BCUT2D eigenvalue weighted by molar-refractivity contribution is 7.89. The minimum absolute atomic E-state index is 0.0986. The van der Waals surface area contributed by atoms with E-state index in [4.69, 9.17) is 21.5 Å². The van der Waals surface area contributed by atoms with Crippen molar-refractivity contribution in [3.8, 4) is 5.75 Å². The van der Waals surface area contributed by atoms with E-state index < -0.39 is 10.0 Å². The first kappa shape index (κ1) is 15.2. The molecule has 1 aromatic rings. The van der Waals surface area contributed by atoms with Gasteiger partial charge in [0.1, 0.15) is 5.75 Å². The average Bonchev–Trinajstić information content (AvgIpc) is 2.22. The molecule has 0 saturated heterocycles. The summed E-state index contributed by atoms with van der Waals surface area (Å²) in [5.41, 5.74) is 0. The monoisotopic (exact) mass is 292 g/mol. The van der Waals surface area contributed by atoms with Gasteiger partial charge in [-0.1, -0.05) is 25.4 Å². The molecule has 102 valence electrons. The van der Waals surface area contributed by atoms with E-state index in [0.717, 1.165) is 0 Å². The van der Waals surface area contributed by atoms with Crippen molar-refractivity contribution in [1.29, 1.82) is 0 Å². The van der Waals surface area contributed by atoms with Crippen molar-refractivity contribution in [2.45, 2.75) is 13.8 Å². The summed E-state index contributed by atoms with van der Waals surface area (Å²) in [5.74, 6) is 0.399. The molecule has 0 aliphatic rings. The lowest BCUT2D eigenvalue weighted by Crippen LogP contribution is -2.30. The van der Waals surface area contributed by atoms with Gasteiger partial charge in [0.05, 0.1) is 23.6 Å². The van der Waals surface area contributed by atoms with Crippen LogP contribution in [0.1, 0.15) is 13.8 Å². The van der Waals surface area contributed by atoms with E-state index in [9.17, 15) is 8.42 Å². The summed E-state index contributed by atoms with van der Waals surface area (Å²) >= 11 is 5.77. The molecule has 0 spiro atoms. The number of primary sulfonamides is 1. The second-order valence-corrected chi connectivity index (χ2v) is 6.58. The molecule has 0 aliphatic carbocycles. The molecule has 7 heteroatoms. The highest BCUT2D eigenvalue weighted by Crippen LogP contribution is 2.18. The average molecular weight is 293 g/mol. The molecular weight excluding hydrogens is 276 g/mol. The van der Waals surface area contributed by atoms with Gasteiger partial charge in [0.2, 0.25) is 10.0 Å².